The van der Waals surface area contributed by atoms with Crippen molar-refractivity contribution in [3.8, 4) is 23.1 Å². The van der Waals surface area contributed by atoms with Gasteiger partial charge >= 0.3 is 0 Å². The highest BCUT2D eigenvalue weighted by atomic mass is 16.5. The average Bonchev–Trinajstić information content (AvgIpc) is 2.90. The van der Waals surface area contributed by atoms with Crippen LogP contribution in [0.5, 0.6) is 5.75 Å². The third-order valence-corrected chi connectivity index (χ3v) is 3.34. The number of nitriles is 1. The van der Waals surface area contributed by atoms with Crippen molar-refractivity contribution >= 4 is 0 Å². The summed E-state index contributed by atoms with van der Waals surface area (Å²) in [6.45, 7) is 2.58. The molecule has 1 aromatic heterocycles. The fourth-order valence-corrected chi connectivity index (χ4v) is 2.39. The molecule has 5 heteroatoms. The van der Waals surface area contributed by atoms with E-state index < -0.39 is 0 Å². The molecule has 0 radical (unpaired) electrons. The summed E-state index contributed by atoms with van der Waals surface area (Å²) in [6.07, 6.45) is 1.85. The Balaban J connectivity index is 2.16. The summed E-state index contributed by atoms with van der Waals surface area (Å²) >= 11 is 0. The first-order valence-corrected chi connectivity index (χ1v) is 6.17. The molecule has 0 saturated heterocycles. The molecule has 96 valence electrons. The van der Waals surface area contributed by atoms with E-state index in [2.05, 4.69) is 20.9 Å². The first kappa shape index (κ1) is 11.8. The first-order valence-electron chi connectivity index (χ1n) is 6.17. The minimum atomic E-state index is 0.625. The zero-order chi connectivity index (χ0) is 13.2. The highest BCUT2D eigenvalue weighted by Crippen LogP contribution is 2.31. The van der Waals surface area contributed by atoms with Crippen molar-refractivity contribution in [1.82, 2.24) is 14.9 Å². The molecule has 2 aromatic rings. The van der Waals surface area contributed by atoms with Gasteiger partial charge in [-0.3, -0.25) is 0 Å². The maximum atomic E-state index is 9.04. The normalized spacial score (nSPS) is 13.7. The molecular formula is C14H14N4O. The summed E-state index contributed by atoms with van der Waals surface area (Å²) in [4.78, 5) is 4.43. The molecule has 0 amide bonds. The number of imidazole rings is 1. The molecule has 0 bridgehead atoms. The second-order valence-electron chi connectivity index (χ2n) is 4.41. The van der Waals surface area contributed by atoms with Crippen LogP contribution in [0.2, 0.25) is 0 Å². The molecule has 1 aromatic carbocycles. The molecule has 0 aliphatic carbocycles. The van der Waals surface area contributed by atoms with E-state index in [0.29, 0.717) is 5.56 Å². The third kappa shape index (κ3) is 1.96. The highest BCUT2D eigenvalue weighted by Gasteiger charge is 2.17. The van der Waals surface area contributed by atoms with Gasteiger partial charge in [-0.05, 0) is 18.2 Å². The highest BCUT2D eigenvalue weighted by molar-refractivity contribution is 5.69. The number of nitrogens with one attached hydrogen (secondary N) is 1. The Morgan fingerprint density at radius 1 is 1.47 bits per heavy atom. The summed E-state index contributed by atoms with van der Waals surface area (Å²) in [5, 5.41) is 12.3. The molecule has 1 N–H and O–H groups in total. The number of fused-ring (bicyclic) bond motifs is 1. The van der Waals surface area contributed by atoms with Crippen LogP contribution in [-0.2, 0) is 13.1 Å². The summed E-state index contributed by atoms with van der Waals surface area (Å²) in [5.74, 6) is 1.78. The zero-order valence-corrected chi connectivity index (χ0v) is 10.7. The van der Waals surface area contributed by atoms with Gasteiger partial charge in [0.25, 0.3) is 0 Å². The van der Waals surface area contributed by atoms with Crippen LogP contribution in [0.15, 0.2) is 24.4 Å². The molecule has 19 heavy (non-hydrogen) atoms. The van der Waals surface area contributed by atoms with Crippen molar-refractivity contribution in [2.24, 2.45) is 0 Å². The Labute approximate surface area is 111 Å². The molecular weight excluding hydrogens is 240 g/mol. The van der Waals surface area contributed by atoms with Crippen molar-refractivity contribution in [2.75, 3.05) is 13.7 Å². The van der Waals surface area contributed by atoms with Gasteiger partial charge in [0.1, 0.15) is 11.6 Å². The van der Waals surface area contributed by atoms with Crippen molar-refractivity contribution in [3.05, 3.63) is 35.8 Å². The van der Waals surface area contributed by atoms with E-state index in [1.807, 2.05) is 18.3 Å². The quantitative estimate of drug-likeness (QED) is 0.883. The first-order chi connectivity index (χ1) is 9.33. The van der Waals surface area contributed by atoms with Crippen LogP contribution < -0.4 is 10.1 Å². The van der Waals surface area contributed by atoms with E-state index in [1.54, 1.807) is 13.2 Å². The molecule has 0 saturated carbocycles. The van der Waals surface area contributed by atoms with Crippen molar-refractivity contribution in [1.29, 1.82) is 5.26 Å². The molecule has 0 unspecified atom stereocenters. The number of hydrogen-bond donors (Lipinski definition) is 1. The second-order valence-corrected chi connectivity index (χ2v) is 4.41. The van der Waals surface area contributed by atoms with Gasteiger partial charge in [-0.1, -0.05) is 0 Å². The van der Waals surface area contributed by atoms with Crippen LogP contribution in [0.3, 0.4) is 0 Å². The Morgan fingerprint density at radius 2 is 2.37 bits per heavy atom. The van der Waals surface area contributed by atoms with Gasteiger partial charge in [-0.25, -0.2) is 4.98 Å². The number of ether oxygens (including phenoxy) is 1. The zero-order valence-electron chi connectivity index (χ0n) is 10.7. The SMILES string of the molecule is COc1ccc(C#N)cc1-c1cnc2n1CCNC2. The maximum absolute atomic E-state index is 9.04. The Hall–Kier alpha value is -2.32. The molecule has 0 spiro atoms. The van der Waals surface area contributed by atoms with E-state index in [4.69, 9.17) is 10.00 Å². The summed E-state index contributed by atoms with van der Waals surface area (Å²) in [6, 6.07) is 7.61. The number of methoxy groups -OCH3 is 1. The van der Waals surface area contributed by atoms with Crippen LogP contribution in [0.25, 0.3) is 11.3 Å². The Kier molecular flexibility index (Phi) is 2.94. The fourth-order valence-electron chi connectivity index (χ4n) is 2.39. The Morgan fingerprint density at radius 3 is 3.16 bits per heavy atom. The molecule has 1 aliphatic rings. The Bertz CT molecular complexity index is 654. The van der Waals surface area contributed by atoms with Crippen LogP contribution in [0, 0.1) is 11.3 Å². The van der Waals surface area contributed by atoms with Crippen molar-refractivity contribution < 1.29 is 4.74 Å². The molecule has 0 fully saturated rings. The third-order valence-electron chi connectivity index (χ3n) is 3.34. The van der Waals surface area contributed by atoms with E-state index >= 15 is 0 Å². The van der Waals surface area contributed by atoms with E-state index in [1.165, 1.54) is 0 Å². The van der Waals surface area contributed by atoms with Gasteiger partial charge in [-0.15, -0.1) is 0 Å². The molecule has 2 heterocycles. The number of rotatable bonds is 2. The van der Waals surface area contributed by atoms with Crippen LogP contribution >= 0.6 is 0 Å². The van der Waals surface area contributed by atoms with Gasteiger partial charge in [0.2, 0.25) is 0 Å². The van der Waals surface area contributed by atoms with Crippen LogP contribution in [0.1, 0.15) is 11.4 Å². The molecule has 0 atom stereocenters. The smallest absolute Gasteiger partial charge is 0.128 e. The number of aromatic nitrogens is 2. The van der Waals surface area contributed by atoms with Gasteiger partial charge in [0.15, 0.2) is 0 Å². The number of hydrogen-bond acceptors (Lipinski definition) is 4. The van der Waals surface area contributed by atoms with E-state index in [-0.39, 0.29) is 0 Å². The monoisotopic (exact) mass is 254 g/mol. The summed E-state index contributed by atoms with van der Waals surface area (Å²) in [7, 11) is 1.64. The van der Waals surface area contributed by atoms with Crippen molar-refractivity contribution in [2.45, 2.75) is 13.1 Å². The lowest BCUT2D eigenvalue weighted by Crippen LogP contribution is -2.28. The van der Waals surface area contributed by atoms with E-state index in [0.717, 1.165) is 42.5 Å². The largest absolute Gasteiger partial charge is 0.496 e. The lowest BCUT2D eigenvalue weighted by atomic mass is 10.1. The van der Waals surface area contributed by atoms with E-state index in [9.17, 15) is 0 Å². The van der Waals surface area contributed by atoms with Gasteiger partial charge in [0, 0.05) is 18.7 Å². The molecule has 5 nitrogen and oxygen atoms in total. The average molecular weight is 254 g/mol. The fraction of sp³-hybridized carbons (Fsp3) is 0.286. The van der Waals surface area contributed by atoms with Gasteiger partial charge < -0.3 is 14.6 Å². The number of nitrogens with zero attached hydrogens (tertiary/aromatic N) is 3. The topological polar surface area (TPSA) is 62.9 Å². The standard InChI is InChI=1S/C14H14N4O/c1-19-13-3-2-10(7-15)6-11(13)12-8-17-14-9-16-4-5-18(12)14/h2-3,6,8,16H,4-5,9H2,1H3. The molecule has 1 aliphatic heterocycles. The number of benzene rings is 1. The summed E-state index contributed by atoms with van der Waals surface area (Å²) in [5.41, 5.74) is 2.55. The second kappa shape index (κ2) is 4.75. The lowest BCUT2D eigenvalue weighted by Gasteiger charge is -2.18. The predicted octanol–water partition coefficient (Wildman–Crippen LogP) is 1.53. The van der Waals surface area contributed by atoms with Crippen molar-refractivity contribution in [3.63, 3.8) is 0 Å². The van der Waals surface area contributed by atoms with Gasteiger partial charge in [0.05, 0.1) is 37.2 Å². The molecule has 3 rings (SSSR count). The minimum absolute atomic E-state index is 0.625. The minimum Gasteiger partial charge on any atom is -0.496 e. The summed E-state index contributed by atoms with van der Waals surface area (Å²) < 4.78 is 7.57. The van der Waals surface area contributed by atoms with Crippen LogP contribution in [0.4, 0.5) is 0 Å². The van der Waals surface area contributed by atoms with Crippen LogP contribution in [-0.4, -0.2) is 23.2 Å². The predicted molar refractivity (Wildman–Crippen MR) is 70.6 cm³/mol. The lowest BCUT2D eigenvalue weighted by molar-refractivity contribution is 0.415. The maximum Gasteiger partial charge on any atom is 0.128 e. The van der Waals surface area contributed by atoms with Gasteiger partial charge in [-0.2, -0.15) is 5.26 Å².